The highest BCUT2D eigenvalue weighted by Gasteiger charge is 2.18. The molecular formula is C11H8BrF2NS. The summed E-state index contributed by atoms with van der Waals surface area (Å²) in [7, 11) is 0. The van der Waals surface area contributed by atoms with Gasteiger partial charge in [0.2, 0.25) is 0 Å². The van der Waals surface area contributed by atoms with Crippen LogP contribution >= 0.6 is 27.3 Å². The van der Waals surface area contributed by atoms with Crippen LogP contribution in [-0.2, 0) is 0 Å². The highest BCUT2D eigenvalue weighted by atomic mass is 79.9. The molecule has 1 heterocycles. The maximum absolute atomic E-state index is 13.5. The number of rotatable bonds is 2. The van der Waals surface area contributed by atoms with Crippen molar-refractivity contribution in [1.29, 1.82) is 0 Å². The molecule has 1 aromatic heterocycles. The first kappa shape index (κ1) is 11.7. The zero-order chi connectivity index (χ0) is 11.7. The quantitative estimate of drug-likeness (QED) is 0.896. The predicted molar refractivity (Wildman–Crippen MR) is 64.4 cm³/mol. The second kappa shape index (κ2) is 4.61. The van der Waals surface area contributed by atoms with Crippen molar-refractivity contribution < 1.29 is 8.78 Å². The predicted octanol–water partition coefficient (Wildman–Crippen LogP) is 3.84. The fourth-order valence-corrected chi connectivity index (χ4v) is 3.02. The first-order chi connectivity index (χ1) is 7.61. The van der Waals surface area contributed by atoms with E-state index in [9.17, 15) is 8.78 Å². The third-order valence-electron chi connectivity index (χ3n) is 2.29. The lowest BCUT2D eigenvalue weighted by molar-refractivity contribution is 0.494. The van der Waals surface area contributed by atoms with Crippen molar-refractivity contribution in [3.8, 4) is 0 Å². The van der Waals surface area contributed by atoms with Gasteiger partial charge in [0.15, 0.2) is 11.6 Å². The molecule has 2 N–H and O–H groups in total. The van der Waals surface area contributed by atoms with E-state index in [0.717, 1.165) is 16.1 Å². The van der Waals surface area contributed by atoms with Crippen LogP contribution in [0.3, 0.4) is 0 Å². The van der Waals surface area contributed by atoms with Gasteiger partial charge in [0.25, 0.3) is 0 Å². The third kappa shape index (κ3) is 2.03. The van der Waals surface area contributed by atoms with Gasteiger partial charge in [-0.3, -0.25) is 0 Å². The molecule has 1 atom stereocenters. The highest BCUT2D eigenvalue weighted by molar-refractivity contribution is 9.10. The number of hydrogen-bond donors (Lipinski definition) is 1. The van der Waals surface area contributed by atoms with E-state index < -0.39 is 17.7 Å². The van der Waals surface area contributed by atoms with Gasteiger partial charge in [0.1, 0.15) is 0 Å². The fraction of sp³-hybridized carbons (Fsp3) is 0.0909. The average Bonchev–Trinajstić information content (AvgIpc) is 2.68. The molecular weight excluding hydrogens is 296 g/mol. The van der Waals surface area contributed by atoms with Crippen molar-refractivity contribution in [3.63, 3.8) is 0 Å². The van der Waals surface area contributed by atoms with E-state index in [0.29, 0.717) is 0 Å². The number of hydrogen-bond acceptors (Lipinski definition) is 2. The molecule has 2 rings (SSSR count). The Morgan fingerprint density at radius 1 is 1.19 bits per heavy atom. The van der Waals surface area contributed by atoms with Crippen molar-refractivity contribution in [2.45, 2.75) is 6.04 Å². The molecule has 1 nitrogen and oxygen atoms in total. The summed E-state index contributed by atoms with van der Waals surface area (Å²) in [6.07, 6.45) is 0. The molecule has 1 unspecified atom stereocenters. The summed E-state index contributed by atoms with van der Waals surface area (Å²) in [5.74, 6) is -1.76. The normalized spacial score (nSPS) is 12.8. The van der Waals surface area contributed by atoms with Gasteiger partial charge < -0.3 is 5.73 Å². The monoisotopic (exact) mass is 303 g/mol. The maximum atomic E-state index is 13.5. The molecule has 0 aliphatic carbocycles. The molecule has 0 spiro atoms. The van der Waals surface area contributed by atoms with Gasteiger partial charge >= 0.3 is 0 Å². The first-order valence-electron chi connectivity index (χ1n) is 4.52. The zero-order valence-electron chi connectivity index (χ0n) is 8.08. The van der Waals surface area contributed by atoms with Gasteiger partial charge in [-0.05, 0) is 32.9 Å². The summed E-state index contributed by atoms with van der Waals surface area (Å²) >= 11 is 4.78. The van der Waals surface area contributed by atoms with E-state index in [2.05, 4.69) is 15.9 Å². The maximum Gasteiger partial charge on any atom is 0.163 e. The molecule has 0 bridgehead atoms. The number of nitrogens with two attached hydrogens (primary N) is 1. The molecule has 0 saturated heterocycles. The van der Waals surface area contributed by atoms with Crippen LogP contribution in [-0.4, -0.2) is 0 Å². The lowest BCUT2D eigenvalue weighted by atomic mass is 10.0. The van der Waals surface area contributed by atoms with Crippen LogP contribution in [0.1, 0.15) is 17.2 Å². The molecule has 0 saturated carbocycles. The molecule has 0 aliphatic rings. The van der Waals surface area contributed by atoms with E-state index in [1.54, 1.807) is 0 Å². The largest absolute Gasteiger partial charge is 0.320 e. The van der Waals surface area contributed by atoms with Crippen LogP contribution in [0.25, 0.3) is 0 Å². The van der Waals surface area contributed by atoms with E-state index >= 15 is 0 Å². The molecule has 0 radical (unpaired) electrons. The van der Waals surface area contributed by atoms with Crippen molar-refractivity contribution in [3.05, 3.63) is 56.2 Å². The van der Waals surface area contributed by atoms with Crippen LogP contribution in [0.2, 0.25) is 0 Å². The van der Waals surface area contributed by atoms with Gasteiger partial charge in [0, 0.05) is 15.4 Å². The number of thiophene rings is 1. The van der Waals surface area contributed by atoms with E-state index in [1.165, 1.54) is 23.5 Å². The van der Waals surface area contributed by atoms with Crippen LogP contribution < -0.4 is 5.73 Å². The van der Waals surface area contributed by atoms with Crippen molar-refractivity contribution in [2.24, 2.45) is 5.73 Å². The second-order valence-corrected chi connectivity index (χ2v) is 4.89. The Labute approximate surface area is 104 Å². The molecule has 1 aromatic carbocycles. The van der Waals surface area contributed by atoms with Crippen LogP contribution in [0.15, 0.2) is 33.4 Å². The molecule has 0 aliphatic heterocycles. The lowest BCUT2D eigenvalue weighted by Gasteiger charge is -2.12. The molecule has 2 aromatic rings. The summed E-state index contributed by atoms with van der Waals surface area (Å²) in [5, 5.41) is 3.67. The van der Waals surface area contributed by atoms with Crippen molar-refractivity contribution in [2.75, 3.05) is 0 Å². The Morgan fingerprint density at radius 2 is 1.94 bits per heavy atom. The number of halogens is 3. The van der Waals surface area contributed by atoms with Gasteiger partial charge in [-0.2, -0.15) is 11.3 Å². The summed E-state index contributed by atoms with van der Waals surface area (Å²) in [6.45, 7) is 0. The van der Waals surface area contributed by atoms with Crippen LogP contribution in [0, 0.1) is 11.6 Å². The van der Waals surface area contributed by atoms with E-state index in [1.807, 2.05) is 10.8 Å². The Bertz CT molecular complexity index is 512. The van der Waals surface area contributed by atoms with Gasteiger partial charge in [-0.25, -0.2) is 8.78 Å². The molecule has 0 amide bonds. The SMILES string of the molecule is NC(c1cscc1Br)c1cccc(F)c1F. The smallest absolute Gasteiger partial charge is 0.163 e. The van der Waals surface area contributed by atoms with Crippen LogP contribution in [0.4, 0.5) is 8.78 Å². The summed E-state index contributed by atoms with van der Waals surface area (Å²) in [4.78, 5) is 0. The minimum atomic E-state index is -0.881. The topological polar surface area (TPSA) is 26.0 Å². The minimum Gasteiger partial charge on any atom is -0.320 e. The summed E-state index contributed by atoms with van der Waals surface area (Å²) in [5.41, 5.74) is 6.83. The third-order valence-corrected chi connectivity index (χ3v) is 4.05. The second-order valence-electron chi connectivity index (χ2n) is 3.30. The van der Waals surface area contributed by atoms with Gasteiger partial charge in [-0.15, -0.1) is 0 Å². The van der Waals surface area contributed by atoms with Crippen molar-refractivity contribution in [1.82, 2.24) is 0 Å². The average molecular weight is 304 g/mol. The van der Waals surface area contributed by atoms with Gasteiger partial charge in [0.05, 0.1) is 6.04 Å². The summed E-state index contributed by atoms with van der Waals surface area (Å²) < 4.78 is 27.4. The van der Waals surface area contributed by atoms with E-state index in [4.69, 9.17) is 5.73 Å². The van der Waals surface area contributed by atoms with Gasteiger partial charge in [-0.1, -0.05) is 12.1 Å². The number of benzene rings is 1. The summed E-state index contributed by atoms with van der Waals surface area (Å²) in [6, 6.07) is 3.37. The zero-order valence-corrected chi connectivity index (χ0v) is 10.5. The lowest BCUT2D eigenvalue weighted by Crippen LogP contribution is -2.14. The van der Waals surface area contributed by atoms with E-state index in [-0.39, 0.29) is 5.56 Å². The highest BCUT2D eigenvalue weighted by Crippen LogP contribution is 2.31. The van der Waals surface area contributed by atoms with Crippen molar-refractivity contribution >= 4 is 27.3 Å². The molecule has 5 heteroatoms. The Kier molecular flexibility index (Phi) is 3.37. The molecule has 0 fully saturated rings. The Balaban J connectivity index is 2.46. The minimum absolute atomic E-state index is 0.166. The Morgan fingerprint density at radius 3 is 2.56 bits per heavy atom. The Hall–Kier alpha value is -0.780. The first-order valence-corrected chi connectivity index (χ1v) is 6.26. The standard InChI is InChI=1S/C11H8BrF2NS/c12-8-5-16-4-7(8)11(15)6-2-1-3-9(13)10(6)14/h1-5,11H,15H2. The molecule has 84 valence electrons. The molecule has 16 heavy (non-hydrogen) atoms. The van der Waals surface area contributed by atoms with Crippen LogP contribution in [0.5, 0.6) is 0 Å². The fourth-order valence-electron chi connectivity index (χ4n) is 1.44.